The summed E-state index contributed by atoms with van der Waals surface area (Å²) in [4.78, 5) is 10.3. The third kappa shape index (κ3) is 3.31. The molecule has 0 amide bonds. The van der Waals surface area contributed by atoms with Crippen LogP contribution in [-0.2, 0) is 6.42 Å². The number of hydrogen-bond acceptors (Lipinski definition) is 5. The van der Waals surface area contributed by atoms with Gasteiger partial charge >= 0.3 is 0 Å². The van der Waals surface area contributed by atoms with Gasteiger partial charge in [0, 0.05) is 31.1 Å². The highest BCUT2D eigenvalue weighted by Crippen LogP contribution is 2.30. The summed E-state index contributed by atoms with van der Waals surface area (Å²) in [7, 11) is 2.15. The van der Waals surface area contributed by atoms with Crippen LogP contribution in [0.1, 0.15) is 11.3 Å². The van der Waals surface area contributed by atoms with Crippen molar-refractivity contribution in [2.75, 3.05) is 44.7 Å². The van der Waals surface area contributed by atoms with Crippen molar-refractivity contribution < 1.29 is 0 Å². The van der Waals surface area contributed by atoms with Crippen LogP contribution in [0.15, 0.2) is 0 Å². The predicted molar refractivity (Wildman–Crippen MR) is 74.2 cm³/mol. The third-order valence-corrected chi connectivity index (χ3v) is 4.62. The smallest absolute Gasteiger partial charge is 0.187 e. The van der Waals surface area contributed by atoms with E-state index in [-0.39, 0.29) is 0 Å². The second-order valence-electron chi connectivity index (χ2n) is 4.39. The average Bonchev–Trinajstić information content (AvgIpc) is 2.69. The van der Waals surface area contributed by atoms with E-state index in [0.29, 0.717) is 11.7 Å². The van der Waals surface area contributed by atoms with Gasteiger partial charge in [-0.05, 0) is 26.4 Å². The molecule has 4 nitrogen and oxygen atoms in total. The first-order chi connectivity index (χ1) is 8.20. The van der Waals surface area contributed by atoms with Crippen LogP contribution in [0.2, 0.25) is 5.15 Å². The van der Waals surface area contributed by atoms with E-state index in [1.807, 2.05) is 0 Å². The van der Waals surface area contributed by atoms with Crippen LogP contribution in [0.4, 0.5) is 5.13 Å². The molecule has 0 spiro atoms. The second-order valence-corrected chi connectivity index (χ2v) is 5.81. The number of thiazole rings is 1. The van der Waals surface area contributed by atoms with Crippen LogP contribution in [0.5, 0.6) is 0 Å². The highest BCUT2D eigenvalue weighted by molar-refractivity contribution is 7.16. The molecule has 6 heteroatoms. The Hall–Kier alpha value is -0.360. The molecule has 1 aromatic rings. The van der Waals surface area contributed by atoms with Gasteiger partial charge in [-0.1, -0.05) is 11.6 Å². The molecule has 1 aromatic heterocycles. The molecule has 17 heavy (non-hydrogen) atoms. The summed E-state index contributed by atoms with van der Waals surface area (Å²) in [5.74, 6) is 0. The number of nitrogens with zero attached hydrogens (tertiary/aromatic N) is 3. The minimum Gasteiger partial charge on any atom is -0.345 e. The molecule has 2 N–H and O–H groups in total. The van der Waals surface area contributed by atoms with Gasteiger partial charge in [-0.15, -0.1) is 11.3 Å². The topological polar surface area (TPSA) is 45.4 Å². The number of piperazine rings is 1. The summed E-state index contributed by atoms with van der Waals surface area (Å²) >= 11 is 7.87. The average molecular weight is 275 g/mol. The molecule has 96 valence electrons. The number of likely N-dealkylation sites (N-methyl/N-ethyl adjacent to an activating group) is 1. The SMILES string of the molecule is CN1CCN(c2nc(Cl)c(CCCN)s2)CC1. The molecule has 0 bridgehead atoms. The van der Waals surface area contributed by atoms with E-state index in [0.717, 1.165) is 44.2 Å². The largest absolute Gasteiger partial charge is 0.345 e. The standard InChI is InChI=1S/C11H19ClN4S/c1-15-5-7-16(8-6-15)11-14-10(12)9(17-11)3-2-4-13/h2-8,13H2,1H3. The van der Waals surface area contributed by atoms with Crippen LogP contribution in [-0.4, -0.2) is 49.7 Å². The van der Waals surface area contributed by atoms with Crippen molar-refractivity contribution in [3.8, 4) is 0 Å². The lowest BCUT2D eigenvalue weighted by Crippen LogP contribution is -2.44. The molecule has 0 saturated carbocycles. The van der Waals surface area contributed by atoms with Gasteiger partial charge in [0.2, 0.25) is 0 Å². The Labute approximate surface area is 111 Å². The highest BCUT2D eigenvalue weighted by atomic mass is 35.5. The first-order valence-corrected chi connectivity index (χ1v) is 7.19. The lowest BCUT2D eigenvalue weighted by molar-refractivity contribution is 0.313. The molecule has 0 unspecified atom stereocenters. The monoisotopic (exact) mass is 274 g/mol. The van der Waals surface area contributed by atoms with E-state index in [4.69, 9.17) is 17.3 Å². The first kappa shape index (κ1) is 13.1. The Bertz CT molecular complexity index is 360. The van der Waals surface area contributed by atoms with Crippen molar-refractivity contribution in [2.45, 2.75) is 12.8 Å². The Morgan fingerprint density at radius 1 is 1.35 bits per heavy atom. The molecule has 0 radical (unpaired) electrons. The lowest BCUT2D eigenvalue weighted by atomic mass is 10.3. The van der Waals surface area contributed by atoms with Crippen LogP contribution < -0.4 is 10.6 Å². The van der Waals surface area contributed by atoms with Gasteiger partial charge in [-0.2, -0.15) is 0 Å². The molecule has 0 aliphatic carbocycles. The summed E-state index contributed by atoms with van der Waals surface area (Å²) < 4.78 is 0. The van der Waals surface area contributed by atoms with Crippen molar-refractivity contribution in [1.82, 2.24) is 9.88 Å². The number of aromatic nitrogens is 1. The fourth-order valence-electron chi connectivity index (χ4n) is 1.87. The van der Waals surface area contributed by atoms with E-state index in [2.05, 4.69) is 21.8 Å². The maximum absolute atomic E-state index is 6.15. The number of halogens is 1. The van der Waals surface area contributed by atoms with E-state index in [9.17, 15) is 0 Å². The molecular weight excluding hydrogens is 256 g/mol. The Kier molecular flexibility index (Phi) is 4.62. The summed E-state index contributed by atoms with van der Waals surface area (Å²) in [6, 6.07) is 0. The quantitative estimate of drug-likeness (QED) is 0.903. The molecule has 1 aliphatic rings. The summed E-state index contributed by atoms with van der Waals surface area (Å²) in [5.41, 5.74) is 5.52. The summed E-state index contributed by atoms with van der Waals surface area (Å²) in [6.45, 7) is 4.97. The molecule has 2 rings (SSSR count). The third-order valence-electron chi connectivity index (χ3n) is 3.02. The molecule has 0 atom stereocenters. The molecule has 0 aromatic carbocycles. The lowest BCUT2D eigenvalue weighted by Gasteiger charge is -2.32. The van der Waals surface area contributed by atoms with Crippen LogP contribution in [0.3, 0.4) is 0 Å². The van der Waals surface area contributed by atoms with E-state index < -0.39 is 0 Å². The Morgan fingerprint density at radius 2 is 2.06 bits per heavy atom. The predicted octanol–water partition coefficient (Wildman–Crippen LogP) is 1.44. The van der Waals surface area contributed by atoms with Gasteiger partial charge in [0.1, 0.15) is 5.15 Å². The maximum Gasteiger partial charge on any atom is 0.187 e. The van der Waals surface area contributed by atoms with Crippen molar-refractivity contribution in [3.05, 3.63) is 10.0 Å². The molecule has 1 aliphatic heterocycles. The Morgan fingerprint density at radius 3 is 2.71 bits per heavy atom. The van der Waals surface area contributed by atoms with Crippen molar-refractivity contribution in [3.63, 3.8) is 0 Å². The van der Waals surface area contributed by atoms with E-state index >= 15 is 0 Å². The summed E-state index contributed by atoms with van der Waals surface area (Å²) in [5, 5.41) is 1.73. The number of anilines is 1. The number of hydrogen-bond donors (Lipinski definition) is 1. The van der Waals surface area contributed by atoms with E-state index in [1.165, 1.54) is 4.88 Å². The van der Waals surface area contributed by atoms with Gasteiger partial charge in [-0.3, -0.25) is 0 Å². The number of rotatable bonds is 4. The van der Waals surface area contributed by atoms with Crippen LogP contribution in [0, 0.1) is 0 Å². The number of nitrogens with two attached hydrogens (primary N) is 1. The van der Waals surface area contributed by atoms with Gasteiger partial charge in [0.25, 0.3) is 0 Å². The molecule has 1 fully saturated rings. The zero-order valence-corrected chi connectivity index (χ0v) is 11.7. The van der Waals surface area contributed by atoms with E-state index in [1.54, 1.807) is 11.3 Å². The van der Waals surface area contributed by atoms with Gasteiger partial charge in [-0.25, -0.2) is 4.98 Å². The van der Waals surface area contributed by atoms with Gasteiger partial charge in [0.05, 0.1) is 0 Å². The van der Waals surface area contributed by atoms with Gasteiger partial charge in [0.15, 0.2) is 5.13 Å². The van der Waals surface area contributed by atoms with Crippen LogP contribution >= 0.6 is 22.9 Å². The summed E-state index contributed by atoms with van der Waals surface area (Å²) in [6.07, 6.45) is 1.92. The fourth-order valence-corrected chi connectivity index (χ4v) is 3.26. The fraction of sp³-hybridized carbons (Fsp3) is 0.727. The number of aryl methyl sites for hydroxylation is 1. The maximum atomic E-state index is 6.15. The van der Waals surface area contributed by atoms with Crippen molar-refractivity contribution in [2.24, 2.45) is 5.73 Å². The minimum absolute atomic E-state index is 0.664. The van der Waals surface area contributed by atoms with Crippen LogP contribution in [0.25, 0.3) is 0 Å². The highest BCUT2D eigenvalue weighted by Gasteiger charge is 2.18. The molecule has 1 saturated heterocycles. The zero-order chi connectivity index (χ0) is 12.3. The molecule has 2 heterocycles. The Balaban J connectivity index is 2.01. The van der Waals surface area contributed by atoms with Crippen molar-refractivity contribution >= 4 is 28.1 Å². The second kappa shape index (κ2) is 6.00. The molecular formula is C11H19ClN4S. The zero-order valence-electron chi connectivity index (χ0n) is 10.2. The van der Waals surface area contributed by atoms with Gasteiger partial charge < -0.3 is 15.5 Å². The normalized spacial score (nSPS) is 17.7. The first-order valence-electron chi connectivity index (χ1n) is 5.99. The van der Waals surface area contributed by atoms with Crippen molar-refractivity contribution in [1.29, 1.82) is 0 Å². The minimum atomic E-state index is 0.664.